The maximum absolute atomic E-state index is 11.1. The number of nitrogens with zero attached hydrogens (tertiary/aromatic N) is 1. The number of allylic oxidation sites excluding steroid dienone is 1. The largest absolute Gasteiger partial charge is 0.477 e. The van der Waals surface area contributed by atoms with E-state index in [9.17, 15) is 9.59 Å². The number of fused-ring (bicyclic) bond motifs is 1. The van der Waals surface area contributed by atoms with Gasteiger partial charge in [-0.15, -0.1) is 0 Å². The first-order chi connectivity index (χ1) is 6.15. The Morgan fingerprint density at radius 1 is 1.77 bits per heavy atom. The summed E-state index contributed by atoms with van der Waals surface area (Å²) in [5.74, 6) is -1.18. The molecule has 1 atom stereocenters. The van der Waals surface area contributed by atoms with E-state index < -0.39 is 5.97 Å². The number of thioether (sulfide) groups is 1. The molecule has 0 aliphatic carbocycles. The summed E-state index contributed by atoms with van der Waals surface area (Å²) in [5.41, 5.74) is 0.0845. The highest BCUT2D eigenvalue weighted by Crippen LogP contribution is 2.46. The predicted molar refractivity (Wildman–Crippen MR) is 47.7 cm³/mol. The van der Waals surface area contributed by atoms with Gasteiger partial charge in [0.15, 0.2) is 0 Å². The average molecular weight is 197 g/mol. The van der Waals surface area contributed by atoms with Gasteiger partial charge in [0.05, 0.1) is 11.8 Å². The number of amides is 1. The van der Waals surface area contributed by atoms with Crippen LogP contribution in [0.5, 0.6) is 0 Å². The number of rotatable bonds is 2. The van der Waals surface area contributed by atoms with Gasteiger partial charge < -0.3 is 5.11 Å². The van der Waals surface area contributed by atoms with Crippen LogP contribution in [0.25, 0.3) is 0 Å². The molecule has 13 heavy (non-hydrogen) atoms. The van der Waals surface area contributed by atoms with Gasteiger partial charge in [0.2, 0.25) is 5.91 Å². The topological polar surface area (TPSA) is 57.6 Å². The summed E-state index contributed by atoms with van der Waals surface area (Å²) in [6.07, 6.45) is 1.92. The van der Waals surface area contributed by atoms with E-state index in [4.69, 9.17) is 5.11 Å². The quantitative estimate of drug-likeness (QED) is 0.664. The van der Waals surface area contributed by atoms with E-state index in [2.05, 4.69) is 6.58 Å². The van der Waals surface area contributed by atoms with Crippen molar-refractivity contribution in [2.75, 3.05) is 0 Å². The normalized spacial score (nSPS) is 25.7. The molecule has 2 rings (SSSR count). The molecule has 4 nitrogen and oxygen atoms in total. The number of carboxylic acid groups (broad SMARTS) is 1. The summed E-state index contributed by atoms with van der Waals surface area (Å²) in [7, 11) is 0. The van der Waals surface area contributed by atoms with Crippen LogP contribution in [0.2, 0.25) is 0 Å². The molecule has 0 aromatic carbocycles. The van der Waals surface area contributed by atoms with Crippen LogP contribution in [-0.4, -0.2) is 27.3 Å². The number of β-lactam (4-membered cyclic amide) rings is 1. The first-order valence-electron chi connectivity index (χ1n) is 3.74. The summed E-state index contributed by atoms with van der Waals surface area (Å²) >= 11 is 1.39. The van der Waals surface area contributed by atoms with Crippen LogP contribution >= 0.6 is 11.8 Å². The molecule has 2 aliphatic rings. The minimum absolute atomic E-state index is 0.00778. The summed E-state index contributed by atoms with van der Waals surface area (Å²) in [5, 5.41) is 8.83. The lowest BCUT2D eigenvalue weighted by molar-refractivity contribution is -0.145. The van der Waals surface area contributed by atoms with Crippen LogP contribution in [0.15, 0.2) is 23.3 Å². The first kappa shape index (κ1) is 8.37. The minimum atomic E-state index is -1.06. The smallest absolute Gasteiger partial charge is 0.353 e. The maximum Gasteiger partial charge on any atom is 0.353 e. The Kier molecular flexibility index (Phi) is 1.69. The summed E-state index contributed by atoms with van der Waals surface area (Å²) in [6, 6.07) is 0. The molecule has 0 aromatic rings. The third-order valence-corrected chi connectivity index (χ3v) is 3.29. The van der Waals surface area contributed by atoms with E-state index in [0.29, 0.717) is 11.3 Å². The fraction of sp³-hybridized carbons (Fsp3) is 0.250. The van der Waals surface area contributed by atoms with Crippen molar-refractivity contribution in [3.63, 3.8) is 0 Å². The molecule has 0 radical (unpaired) electrons. The Hall–Kier alpha value is -1.23. The maximum atomic E-state index is 11.1. The molecule has 0 aromatic heterocycles. The van der Waals surface area contributed by atoms with Gasteiger partial charge >= 0.3 is 5.97 Å². The Morgan fingerprint density at radius 3 is 2.92 bits per heavy atom. The highest BCUT2D eigenvalue weighted by atomic mass is 32.2. The van der Waals surface area contributed by atoms with Gasteiger partial charge in [-0.05, 0) is 0 Å². The zero-order chi connectivity index (χ0) is 9.59. The van der Waals surface area contributed by atoms with Crippen molar-refractivity contribution in [1.29, 1.82) is 0 Å². The Morgan fingerprint density at radius 2 is 2.46 bits per heavy atom. The molecule has 1 fully saturated rings. The first-order valence-corrected chi connectivity index (χ1v) is 4.62. The van der Waals surface area contributed by atoms with Gasteiger partial charge in [0, 0.05) is 4.91 Å². The molecule has 1 N–H and O–H groups in total. The molecule has 0 saturated carbocycles. The van der Waals surface area contributed by atoms with Crippen LogP contribution in [-0.2, 0) is 9.59 Å². The highest BCUT2D eigenvalue weighted by Gasteiger charge is 2.47. The molecule has 2 heterocycles. The summed E-state index contributed by atoms with van der Waals surface area (Å²) in [4.78, 5) is 23.8. The van der Waals surface area contributed by atoms with Crippen LogP contribution in [0.4, 0.5) is 0 Å². The predicted octanol–water partition coefficient (Wildman–Crippen LogP) is 0.774. The SMILES string of the molecule is C=CC1=C(C(=O)O)N2C(=O)CC2S1. The number of aliphatic carboxylic acids is 1. The molecular weight excluding hydrogens is 190 g/mol. The Balaban J connectivity index is 2.40. The second-order valence-electron chi connectivity index (χ2n) is 2.76. The molecular formula is C8H7NO3S. The summed E-state index contributed by atoms with van der Waals surface area (Å²) in [6.45, 7) is 3.52. The second-order valence-corrected chi connectivity index (χ2v) is 3.98. The van der Waals surface area contributed by atoms with E-state index in [1.807, 2.05) is 0 Å². The number of carboxylic acids is 1. The van der Waals surface area contributed by atoms with Crippen LogP contribution in [0.3, 0.4) is 0 Å². The molecule has 0 bridgehead atoms. The van der Waals surface area contributed by atoms with Crippen LogP contribution in [0.1, 0.15) is 6.42 Å². The van der Waals surface area contributed by atoms with E-state index in [-0.39, 0.29) is 17.0 Å². The number of hydrogen-bond donors (Lipinski definition) is 1. The molecule has 68 valence electrons. The third-order valence-electron chi connectivity index (χ3n) is 2.03. The van der Waals surface area contributed by atoms with Gasteiger partial charge in [-0.3, -0.25) is 9.69 Å². The molecule has 1 amide bonds. The zero-order valence-corrected chi connectivity index (χ0v) is 7.50. The van der Waals surface area contributed by atoms with Crippen molar-refractivity contribution >= 4 is 23.6 Å². The van der Waals surface area contributed by atoms with E-state index in [1.165, 1.54) is 22.7 Å². The summed E-state index contributed by atoms with van der Waals surface area (Å²) < 4.78 is 0. The van der Waals surface area contributed by atoms with Crippen LogP contribution < -0.4 is 0 Å². The van der Waals surface area contributed by atoms with Gasteiger partial charge in [0.25, 0.3) is 0 Å². The standard InChI is InChI=1S/C8H7NO3S/c1-2-4-7(8(11)12)9-5(10)3-6(9)13-4/h2,6H,1,3H2,(H,11,12). The third kappa shape index (κ3) is 1.00. The highest BCUT2D eigenvalue weighted by molar-refractivity contribution is 8.04. The number of hydrogen-bond acceptors (Lipinski definition) is 3. The van der Waals surface area contributed by atoms with Crippen molar-refractivity contribution in [2.45, 2.75) is 11.8 Å². The molecule has 1 unspecified atom stereocenters. The Bertz CT molecular complexity index is 347. The minimum Gasteiger partial charge on any atom is -0.477 e. The molecule has 2 aliphatic heterocycles. The van der Waals surface area contributed by atoms with Gasteiger partial charge in [-0.2, -0.15) is 0 Å². The van der Waals surface area contributed by atoms with Crippen molar-refractivity contribution < 1.29 is 14.7 Å². The zero-order valence-electron chi connectivity index (χ0n) is 6.69. The van der Waals surface area contributed by atoms with Crippen molar-refractivity contribution in [1.82, 2.24) is 4.90 Å². The molecule has 1 saturated heterocycles. The second kappa shape index (κ2) is 2.63. The van der Waals surface area contributed by atoms with Crippen molar-refractivity contribution in [2.24, 2.45) is 0 Å². The molecule has 5 heteroatoms. The lowest BCUT2D eigenvalue weighted by Gasteiger charge is -2.33. The lowest BCUT2D eigenvalue weighted by atomic mass is 10.1. The number of carbonyl (C=O) groups excluding carboxylic acids is 1. The van der Waals surface area contributed by atoms with Crippen molar-refractivity contribution in [3.8, 4) is 0 Å². The fourth-order valence-electron chi connectivity index (χ4n) is 1.42. The van der Waals surface area contributed by atoms with E-state index in [0.717, 1.165) is 0 Å². The van der Waals surface area contributed by atoms with E-state index >= 15 is 0 Å². The Labute approximate surface area is 78.9 Å². The van der Waals surface area contributed by atoms with Gasteiger partial charge in [0.1, 0.15) is 5.70 Å². The van der Waals surface area contributed by atoms with Gasteiger partial charge in [-0.1, -0.05) is 24.4 Å². The lowest BCUT2D eigenvalue weighted by Crippen LogP contribution is -2.48. The number of carbonyl (C=O) groups is 2. The van der Waals surface area contributed by atoms with Crippen molar-refractivity contribution in [3.05, 3.63) is 23.3 Å². The fourth-order valence-corrected chi connectivity index (χ4v) is 2.67. The molecule has 0 spiro atoms. The van der Waals surface area contributed by atoms with E-state index in [1.54, 1.807) is 0 Å². The monoisotopic (exact) mass is 197 g/mol. The average Bonchev–Trinajstić information content (AvgIpc) is 2.37. The van der Waals surface area contributed by atoms with Gasteiger partial charge in [-0.25, -0.2) is 4.79 Å². The van der Waals surface area contributed by atoms with Crippen LogP contribution in [0, 0.1) is 0 Å².